The first kappa shape index (κ1) is 20.1. The molecule has 0 bridgehead atoms. The molecule has 1 unspecified atom stereocenters. The van der Waals surface area contributed by atoms with Crippen LogP contribution >= 0.6 is 0 Å². The maximum absolute atomic E-state index is 12.1. The average Bonchev–Trinajstić information content (AvgIpc) is 2.67. The van der Waals surface area contributed by atoms with Gasteiger partial charge in [0.15, 0.2) is 6.61 Å². The lowest BCUT2D eigenvalue weighted by molar-refractivity contribution is -0.385. The number of amides is 1. The summed E-state index contributed by atoms with van der Waals surface area (Å²) in [6, 6.07) is 15.4. The molecule has 0 aliphatic carbocycles. The summed E-state index contributed by atoms with van der Waals surface area (Å²) >= 11 is 0. The number of nitrogens with one attached hydrogen (secondary N) is 1. The maximum atomic E-state index is 12.1. The van der Waals surface area contributed by atoms with Crippen LogP contribution in [0.2, 0.25) is 0 Å². The van der Waals surface area contributed by atoms with Gasteiger partial charge in [-0.3, -0.25) is 19.7 Å². The van der Waals surface area contributed by atoms with Crippen LogP contribution < -0.4 is 5.32 Å². The summed E-state index contributed by atoms with van der Waals surface area (Å²) in [4.78, 5) is 34.5. The quantitative estimate of drug-likeness (QED) is 0.415. The molecular formula is C20H22N2O5. The van der Waals surface area contributed by atoms with E-state index in [1.54, 1.807) is 6.07 Å². The van der Waals surface area contributed by atoms with Gasteiger partial charge in [-0.1, -0.05) is 61.9 Å². The Kier molecular flexibility index (Phi) is 7.49. The highest BCUT2D eigenvalue weighted by Crippen LogP contribution is 2.19. The molecule has 2 aromatic carbocycles. The molecule has 0 heterocycles. The minimum absolute atomic E-state index is 0.147. The number of benzene rings is 2. The van der Waals surface area contributed by atoms with Crippen molar-refractivity contribution in [2.75, 3.05) is 6.61 Å². The molecule has 1 N–H and O–H groups in total. The van der Waals surface area contributed by atoms with Gasteiger partial charge in [0.2, 0.25) is 0 Å². The Bertz CT molecular complexity index is 792. The van der Waals surface area contributed by atoms with Gasteiger partial charge in [0.05, 0.1) is 17.4 Å². The number of hydrogen-bond acceptors (Lipinski definition) is 5. The topological polar surface area (TPSA) is 98.5 Å². The number of hydrogen-bond donors (Lipinski definition) is 1. The molecule has 7 nitrogen and oxygen atoms in total. The van der Waals surface area contributed by atoms with Crippen LogP contribution in [0.25, 0.3) is 0 Å². The van der Waals surface area contributed by atoms with E-state index in [4.69, 9.17) is 4.74 Å². The Balaban J connectivity index is 1.89. The summed E-state index contributed by atoms with van der Waals surface area (Å²) in [7, 11) is 0. The van der Waals surface area contributed by atoms with E-state index in [9.17, 15) is 19.7 Å². The molecule has 0 saturated carbocycles. The summed E-state index contributed by atoms with van der Waals surface area (Å²) in [5, 5.41) is 13.8. The normalized spacial score (nSPS) is 11.4. The largest absolute Gasteiger partial charge is 0.455 e. The van der Waals surface area contributed by atoms with Crippen molar-refractivity contribution in [1.82, 2.24) is 5.32 Å². The zero-order chi connectivity index (χ0) is 19.6. The smallest absolute Gasteiger partial charge is 0.311 e. The van der Waals surface area contributed by atoms with Crippen molar-refractivity contribution in [3.63, 3.8) is 0 Å². The van der Waals surface area contributed by atoms with Gasteiger partial charge >= 0.3 is 5.97 Å². The van der Waals surface area contributed by atoms with Gasteiger partial charge in [0.1, 0.15) is 0 Å². The van der Waals surface area contributed by atoms with Crippen LogP contribution in [-0.2, 0) is 20.7 Å². The van der Waals surface area contributed by atoms with E-state index in [0.29, 0.717) is 0 Å². The van der Waals surface area contributed by atoms with Gasteiger partial charge in [0, 0.05) is 11.6 Å². The lowest BCUT2D eigenvalue weighted by Gasteiger charge is -2.18. The van der Waals surface area contributed by atoms with Crippen LogP contribution in [0.1, 0.15) is 36.9 Å². The van der Waals surface area contributed by atoms with Gasteiger partial charge < -0.3 is 10.1 Å². The average molecular weight is 370 g/mol. The first-order valence-electron chi connectivity index (χ1n) is 8.73. The van der Waals surface area contributed by atoms with Crippen LogP contribution in [0, 0.1) is 10.1 Å². The number of para-hydroxylation sites is 1. The second kappa shape index (κ2) is 10.1. The van der Waals surface area contributed by atoms with E-state index < -0.39 is 23.4 Å². The van der Waals surface area contributed by atoms with Crippen molar-refractivity contribution >= 4 is 17.6 Å². The summed E-state index contributed by atoms with van der Waals surface area (Å²) in [5.74, 6) is -1.10. The zero-order valence-electron chi connectivity index (χ0n) is 15.1. The lowest BCUT2D eigenvalue weighted by atomic mass is 10.0. The minimum Gasteiger partial charge on any atom is -0.455 e. The Morgan fingerprint density at radius 1 is 1.11 bits per heavy atom. The molecule has 0 radical (unpaired) electrons. The Hall–Kier alpha value is -3.22. The third-order valence-corrected chi connectivity index (χ3v) is 4.00. The highest BCUT2D eigenvalue weighted by atomic mass is 16.6. The van der Waals surface area contributed by atoms with E-state index in [1.165, 1.54) is 18.2 Å². The summed E-state index contributed by atoms with van der Waals surface area (Å²) in [5.41, 5.74) is 1.09. The van der Waals surface area contributed by atoms with Crippen LogP contribution in [0.5, 0.6) is 0 Å². The molecule has 0 spiro atoms. The van der Waals surface area contributed by atoms with Gasteiger partial charge in [0.25, 0.3) is 11.6 Å². The first-order valence-corrected chi connectivity index (χ1v) is 8.73. The molecule has 0 saturated heterocycles. The van der Waals surface area contributed by atoms with Crippen molar-refractivity contribution in [3.05, 3.63) is 75.8 Å². The number of carbonyl (C=O) groups excluding carboxylic acids is 2. The number of carbonyl (C=O) groups is 2. The van der Waals surface area contributed by atoms with E-state index >= 15 is 0 Å². The molecule has 0 aliphatic rings. The molecule has 2 aromatic rings. The van der Waals surface area contributed by atoms with Crippen LogP contribution in [0.3, 0.4) is 0 Å². The number of nitro groups is 1. The predicted molar refractivity (Wildman–Crippen MR) is 100.0 cm³/mol. The van der Waals surface area contributed by atoms with Gasteiger partial charge in [-0.25, -0.2) is 0 Å². The SMILES string of the molecule is CCCC(NC(=O)COC(=O)Cc1ccccc1[N+](=O)[O-])c1ccccc1. The van der Waals surface area contributed by atoms with Crippen LogP contribution in [-0.4, -0.2) is 23.4 Å². The summed E-state index contributed by atoms with van der Waals surface area (Å²) < 4.78 is 4.98. The van der Waals surface area contributed by atoms with Crippen molar-refractivity contribution < 1.29 is 19.2 Å². The predicted octanol–water partition coefficient (Wildman–Crippen LogP) is 3.34. The third-order valence-electron chi connectivity index (χ3n) is 4.00. The molecule has 1 atom stereocenters. The number of nitro benzene ring substituents is 1. The van der Waals surface area contributed by atoms with E-state index in [1.807, 2.05) is 37.3 Å². The van der Waals surface area contributed by atoms with Crippen molar-refractivity contribution in [2.45, 2.75) is 32.2 Å². The zero-order valence-corrected chi connectivity index (χ0v) is 15.1. The standard InChI is InChI=1S/C20H22N2O5/c1-2-8-17(15-9-4-3-5-10-15)21-19(23)14-27-20(24)13-16-11-6-7-12-18(16)22(25)26/h3-7,9-12,17H,2,8,13-14H2,1H3,(H,21,23). The van der Waals surface area contributed by atoms with E-state index in [-0.39, 0.29) is 23.7 Å². The fourth-order valence-corrected chi connectivity index (χ4v) is 2.72. The number of ether oxygens (including phenoxy) is 1. The number of rotatable bonds is 9. The molecule has 142 valence electrons. The Labute approximate surface area is 157 Å². The highest BCUT2D eigenvalue weighted by molar-refractivity contribution is 5.81. The maximum Gasteiger partial charge on any atom is 0.311 e. The van der Waals surface area contributed by atoms with Crippen molar-refractivity contribution in [1.29, 1.82) is 0 Å². The first-order chi connectivity index (χ1) is 13.0. The van der Waals surface area contributed by atoms with E-state index in [2.05, 4.69) is 5.32 Å². The Morgan fingerprint density at radius 3 is 2.44 bits per heavy atom. The van der Waals surface area contributed by atoms with Gasteiger partial charge in [-0.15, -0.1) is 0 Å². The van der Waals surface area contributed by atoms with Gasteiger partial charge in [-0.2, -0.15) is 0 Å². The molecule has 0 fully saturated rings. The number of esters is 1. The fourth-order valence-electron chi connectivity index (χ4n) is 2.72. The monoisotopic (exact) mass is 370 g/mol. The van der Waals surface area contributed by atoms with Crippen molar-refractivity contribution in [3.8, 4) is 0 Å². The lowest BCUT2D eigenvalue weighted by Crippen LogP contribution is -2.32. The molecule has 7 heteroatoms. The van der Waals surface area contributed by atoms with Crippen molar-refractivity contribution in [2.24, 2.45) is 0 Å². The second-order valence-electron chi connectivity index (χ2n) is 6.04. The molecule has 0 aromatic heterocycles. The summed E-state index contributed by atoms with van der Waals surface area (Å²) in [6.07, 6.45) is 1.39. The second-order valence-corrected chi connectivity index (χ2v) is 6.04. The molecule has 2 rings (SSSR count). The van der Waals surface area contributed by atoms with Crippen LogP contribution in [0.4, 0.5) is 5.69 Å². The summed E-state index contributed by atoms with van der Waals surface area (Å²) in [6.45, 7) is 1.60. The number of nitrogens with zero attached hydrogens (tertiary/aromatic N) is 1. The molecule has 1 amide bonds. The van der Waals surface area contributed by atoms with Crippen LogP contribution in [0.15, 0.2) is 54.6 Å². The fraction of sp³-hybridized carbons (Fsp3) is 0.300. The Morgan fingerprint density at radius 2 is 1.78 bits per heavy atom. The van der Waals surface area contributed by atoms with Gasteiger partial charge in [-0.05, 0) is 12.0 Å². The van der Waals surface area contributed by atoms with E-state index in [0.717, 1.165) is 18.4 Å². The molecular weight excluding hydrogens is 348 g/mol. The minimum atomic E-state index is -0.689. The highest BCUT2D eigenvalue weighted by Gasteiger charge is 2.18. The third kappa shape index (κ3) is 6.22. The molecule has 0 aliphatic heterocycles. The molecule has 27 heavy (non-hydrogen) atoms.